The van der Waals surface area contributed by atoms with E-state index in [1.807, 2.05) is 0 Å². The van der Waals surface area contributed by atoms with E-state index in [1.54, 1.807) is 48.5 Å². The van der Waals surface area contributed by atoms with E-state index < -0.39 is 35.0 Å². The van der Waals surface area contributed by atoms with Crippen LogP contribution in [0.1, 0.15) is 52.6 Å². The number of benzene rings is 4. The number of ether oxygens (including phenoxy) is 2. The van der Waals surface area contributed by atoms with E-state index in [-0.39, 0.29) is 22.6 Å². The molecule has 0 aliphatic carbocycles. The number of rotatable bonds is 10. The van der Waals surface area contributed by atoms with Crippen molar-refractivity contribution in [2.45, 2.75) is 6.42 Å². The molecule has 0 aromatic heterocycles. The molecule has 4 N–H and O–H groups in total. The fourth-order valence-corrected chi connectivity index (χ4v) is 3.87. The first-order chi connectivity index (χ1) is 18.6. The molecule has 0 saturated heterocycles. The predicted octanol–water partition coefficient (Wildman–Crippen LogP) is 5.65. The molecule has 39 heavy (non-hydrogen) atoms. The number of carboxylic acids is 4. The highest BCUT2D eigenvalue weighted by Gasteiger charge is 2.22. The third kappa shape index (κ3) is 6.03. The van der Waals surface area contributed by atoms with Crippen LogP contribution < -0.4 is 9.47 Å². The van der Waals surface area contributed by atoms with Crippen molar-refractivity contribution in [2.75, 3.05) is 0 Å². The minimum atomic E-state index is -1.42. The van der Waals surface area contributed by atoms with Crippen LogP contribution in [0.4, 0.5) is 0 Å². The molecule has 10 nitrogen and oxygen atoms in total. The quantitative estimate of drug-likeness (QED) is 0.202. The van der Waals surface area contributed by atoms with Crippen LogP contribution >= 0.6 is 0 Å². The van der Waals surface area contributed by atoms with Gasteiger partial charge in [-0.15, -0.1) is 0 Å². The Balaban J connectivity index is 1.46. The van der Waals surface area contributed by atoms with E-state index >= 15 is 0 Å². The van der Waals surface area contributed by atoms with Crippen molar-refractivity contribution in [3.63, 3.8) is 0 Å². The second-order valence-electron chi connectivity index (χ2n) is 8.25. The van der Waals surface area contributed by atoms with Gasteiger partial charge in [-0.1, -0.05) is 36.4 Å². The van der Waals surface area contributed by atoms with Crippen LogP contribution in [0.25, 0.3) is 0 Å². The highest BCUT2D eigenvalue weighted by molar-refractivity contribution is 6.04. The van der Waals surface area contributed by atoms with Gasteiger partial charge in [0, 0.05) is 0 Å². The van der Waals surface area contributed by atoms with Crippen LogP contribution in [0, 0.1) is 0 Å². The molecule has 0 amide bonds. The predicted molar refractivity (Wildman–Crippen MR) is 137 cm³/mol. The van der Waals surface area contributed by atoms with E-state index in [4.69, 9.17) is 9.47 Å². The molecule has 0 heterocycles. The highest BCUT2D eigenvalue weighted by atomic mass is 16.5. The highest BCUT2D eigenvalue weighted by Crippen LogP contribution is 2.30. The van der Waals surface area contributed by atoms with Crippen molar-refractivity contribution < 1.29 is 49.1 Å². The molecule has 0 aliphatic heterocycles. The van der Waals surface area contributed by atoms with Gasteiger partial charge in [0.1, 0.15) is 34.1 Å². The summed E-state index contributed by atoms with van der Waals surface area (Å²) in [5, 5.41) is 37.4. The summed E-state index contributed by atoms with van der Waals surface area (Å²) in [7, 11) is 0. The molecule has 0 atom stereocenters. The topological polar surface area (TPSA) is 168 Å². The van der Waals surface area contributed by atoms with Crippen LogP contribution in [0.3, 0.4) is 0 Å². The Bertz CT molecular complexity index is 1450. The summed E-state index contributed by atoms with van der Waals surface area (Å²) in [4.78, 5) is 46.0. The van der Waals surface area contributed by atoms with Gasteiger partial charge in [-0.2, -0.15) is 0 Å². The second-order valence-corrected chi connectivity index (χ2v) is 8.25. The van der Waals surface area contributed by atoms with Gasteiger partial charge < -0.3 is 29.9 Å². The summed E-state index contributed by atoms with van der Waals surface area (Å²) in [6.07, 6.45) is 0.518. The molecule has 0 fully saturated rings. The fraction of sp³-hybridized carbons (Fsp3) is 0.0345. The molecule has 0 aliphatic rings. The molecule has 0 spiro atoms. The molecular weight excluding hydrogens is 508 g/mol. The van der Waals surface area contributed by atoms with Crippen molar-refractivity contribution in [3.05, 3.63) is 118 Å². The normalized spacial score (nSPS) is 10.5. The summed E-state index contributed by atoms with van der Waals surface area (Å²) < 4.78 is 11.3. The van der Waals surface area contributed by atoms with Crippen LogP contribution in [0.2, 0.25) is 0 Å². The van der Waals surface area contributed by atoms with E-state index in [2.05, 4.69) is 0 Å². The Morgan fingerprint density at radius 1 is 0.487 bits per heavy atom. The maximum atomic E-state index is 11.6. The lowest BCUT2D eigenvalue weighted by molar-refractivity contribution is 0.0649. The zero-order valence-corrected chi connectivity index (χ0v) is 20.0. The number of hydrogen-bond donors (Lipinski definition) is 4. The molecule has 0 saturated carbocycles. The maximum Gasteiger partial charge on any atom is 0.340 e. The lowest BCUT2D eigenvalue weighted by Crippen LogP contribution is -2.09. The number of hydrogen-bond acceptors (Lipinski definition) is 6. The van der Waals surface area contributed by atoms with Gasteiger partial charge in [0.15, 0.2) is 0 Å². The Kier molecular flexibility index (Phi) is 7.57. The van der Waals surface area contributed by atoms with Gasteiger partial charge in [0.2, 0.25) is 0 Å². The third-order valence-corrected chi connectivity index (χ3v) is 5.65. The minimum Gasteiger partial charge on any atom is -0.478 e. The SMILES string of the molecule is O=C(O)c1cccc(Oc2ccc(Cc3ccc(Oc4cccc(C(=O)O)c4C(=O)O)cc3)cc2)c1C(=O)O. The molecule has 10 heteroatoms. The summed E-state index contributed by atoms with van der Waals surface area (Å²) >= 11 is 0. The van der Waals surface area contributed by atoms with Crippen molar-refractivity contribution in [2.24, 2.45) is 0 Å². The number of carboxylic acid groups (broad SMARTS) is 4. The van der Waals surface area contributed by atoms with E-state index in [0.717, 1.165) is 11.1 Å². The molecule has 4 aromatic rings. The van der Waals surface area contributed by atoms with Crippen LogP contribution in [0.5, 0.6) is 23.0 Å². The average Bonchev–Trinajstić information content (AvgIpc) is 2.90. The second kappa shape index (κ2) is 11.2. The zero-order valence-electron chi connectivity index (χ0n) is 20.0. The third-order valence-electron chi connectivity index (χ3n) is 5.65. The summed E-state index contributed by atoms with van der Waals surface area (Å²) in [6, 6.07) is 21.6. The van der Waals surface area contributed by atoms with Gasteiger partial charge in [0.25, 0.3) is 0 Å². The Labute approximate surface area is 220 Å². The monoisotopic (exact) mass is 528 g/mol. The molecule has 0 bridgehead atoms. The lowest BCUT2D eigenvalue weighted by atomic mass is 10.0. The smallest absolute Gasteiger partial charge is 0.340 e. The first-order valence-corrected chi connectivity index (χ1v) is 11.4. The number of aromatic carboxylic acids is 4. The average molecular weight is 528 g/mol. The van der Waals surface area contributed by atoms with E-state index in [1.165, 1.54) is 36.4 Å². The zero-order chi connectivity index (χ0) is 28.1. The standard InChI is InChI=1S/C29H20O10/c30-26(31)20-3-1-5-22(24(20)28(34)35)38-18-11-7-16(8-12-18)15-17-9-13-19(14-10-17)39-23-6-2-4-21(27(32)33)25(23)29(36)37/h1-14H,15H2,(H,30,31)(H,32,33)(H,34,35)(H,36,37). The van der Waals surface area contributed by atoms with E-state index in [9.17, 15) is 39.6 Å². The van der Waals surface area contributed by atoms with Crippen molar-refractivity contribution in [3.8, 4) is 23.0 Å². The molecule has 4 aromatic carbocycles. The first kappa shape index (κ1) is 26.4. The summed E-state index contributed by atoms with van der Waals surface area (Å²) in [6.45, 7) is 0. The van der Waals surface area contributed by atoms with Gasteiger partial charge in [-0.3, -0.25) is 0 Å². The van der Waals surface area contributed by atoms with Crippen molar-refractivity contribution in [1.29, 1.82) is 0 Å². The maximum absolute atomic E-state index is 11.6. The first-order valence-electron chi connectivity index (χ1n) is 11.4. The Morgan fingerprint density at radius 2 is 0.846 bits per heavy atom. The van der Waals surface area contributed by atoms with Crippen LogP contribution in [-0.2, 0) is 6.42 Å². The lowest BCUT2D eigenvalue weighted by Gasteiger charge is -2.12. The van der Waals surface area contributed by atoms with Gasteiger partial charge in [-0.25, -0.2) is 19.2 Å². The molecule has 4 rings (SSSR count). The van der Waals surface area contributed by atoms with Gasteiger partial charge in [0.05, 0.1) is 11.1 Å². The largest absolute Gasteiger partial charge is 0.478 e. The van der Waals surface area contributed by atoms with Crippen LogP contribution in [-0.4, -0.2) is 44.3 Å². The number of carbonyl (C=O) groups is 4. The summed E-state index contributed by atoms with van der Waals surface area (Å²) in [5.41, 5.74) is 0.158. The molecule has 0 radical (unpaired) electrons. The van der Waals surface area contributed by atoms with Gasteiger partial charge in [-0.05, 0) is 66.1 Å². The summed E-state index contributed by atoms with van der Waals surface area (Å²) in [5.74, 6) is -5.12. The van der Waals surface area contributed by atoms with E-state index in [0.29, 0.717) is 17.9 Å². The van der Waals surface area contributed by atoms with Gasteiger partial charge >= 0.3 is 23.9 Å². The molecular formula is C29H20O10. The fourth-order valence-electron chi connectivity index (χ4n) is 3.87. The van der Waals surface area contributed by atoms with Crippen molar-refractivity contribution >= 4 is 23.9 Å². The Hall–Kier alpha value is -5.64. The minimum absolute atomic E-state index is 0.0920. The molecule has 196 valence electrons. The van der Waals surface area contributed by atoms with Crippen LogP contribution in [0.15, 0.2) is 84.9 Å². The Morgan fingerprint density at radius 3 is 1.15 bits per heavy atom. The molecule has 0 unspecified atom stereocenters. The van der Waals surface area contributed by atoms with Crippen molar-refractivity contribution in [1.82, 2.24) is 0 Å².